The first-order valence-corrected chi connectivity index (χ1v) is 6.32. The molecule has 2 aromatic carbocycles. The van der Waals surface area contributed by atoms with Crippen molar-refractivity contribution < 1.29 is 9.90 Å². The Morgan fingerprint density at radius 3 is 2.11 bits per heavy atom. The third-order valence-corrected chi connectivity index (χ3v) is 3.31. The van der Waals surface area contributed by atoms with Crippen LogP contribution < -0.4 is 0 Å². The van der Waals surface area contributed by atoms with Crippen molar-refractivity contribution in [3.8, 4) is 5.75 Å². The number of phenolic OH excluding ortho intramolecular Hbond substituents is 1. The molecule has 0 fully saturated rings. The number of hydrogen-bond donors (Lipinski definition) is 1. The molecule has 0 saturated heterocycles. The van der Waals surface area contributed by atoms with Crippen molar-refractivity contribution in [3.05, 3.63) is 63.7 Å². The summed E-state index contributed by atoms with van der Waals surface area (Å²) < 4.78 is 0. The van der Waals surface area contributed by atoms with E-state index in [1.165, 1.54) is 0 Å². The van der Waals surface area contributed by atoms with Crippen molar-refractivity contribution in [3.63, 3.8) is 0 Å². The van der Waals surface area contributed by atoms with Crippen LogP contribution in [0.3, 0.4) is 0 Å². The van der Waals surface area contributed by atoms with Crippen LogP contribution in [0, 0.1) is 27.7 Å². The average molecular weight is 254 g/mol. The minimum absolute atomic E-state index is 0.0578. The van der Waals surface area contributed by atoms with Gasteiger partial charge in [-0.15, -0.1) is 0 Å². The van der Waals surface area contributed by atoms with Crippen molar-refractivity contribution in [2.24, 2.45) is 0 Å². The van der Waals surface area contributed by atoms with Crippen LogP contribution in [0.15, 0.2) is 30.3 Å². The van der Waals surface area contributed by atoms with E-state index in [4.69, 9.17) is 0 Å². The van der Waals surface area contributed by atoms with Crippen LogP contribution in [0.25, 0.3) is 0 Å². The van der Waals surface area contributed by atoms with Crippen molar-refractivity contribution in [2.45, 2.75) is 27.7 Å². The second-order valence-corrected chi connectivity index (χ2v) is 5.12. The van der Waals surface area contributed by atoms with E-state index in [2.05, 4.69) is 0 Å². The van der Waals surface area contributed by atoms with Gasteiger partial charge < -0.3 is 5.11 Å². The van der Waals surface area contributed by atoms with Gasteiger partial charge in [-0.25, -0.2) is 0 Å². The number of phenols is 1. The molecule has 2 aromatic rings. The van der Waals surface area contributed by atoms with Gasteiger partial charge in [-0.1, -0.05) is 29.8 Å². The first kappa shape index (κ1) is 13.3. The fourth-order valence-corrected chi connectivity index (χ4v) is 2.44. The van der Waals surface area contributed by atoms with Gasteiger partial charge in [0.1, 0.15) is 5.75 Å². The molecule has 0 atom stereocenters. The fourth-order valence-electron chi connectivity index (χ4n) is 2.44. The molecular weight excluding hydrogens is 236 g/mol. The van der Waals surface area contributed by atoms with Crippen LogP contribution in [0.2, 0.25) is 0 Å². The number of carbonyl (C=O) groups is 1. The Balaban J connectivity index is 2.56. The molecule has 0 heterocycles. The third kappa shape index (κ3) is 2.53. The largest absolute Gasteiger partial charge is 0.507 e. The monoisotopic (exact) mass is 254 g/mol. The van der Waals surface area contributed by atoms with Crippen molar-refractivity contribution >= 4 is 5.78 Å². The molecule has 0 aliphatic carbocycles. The van der Waals surface area contributed by atoms with E-state index >= 15 is 0 Å². The second-order valence-electron chi connectivity index (χ2n) is 5.12. The quantitative estimate of drug-likeness (QED) is 0.826. The van der Waals surface area contributed by atoms with E-state index in [1.807, 2.05) is 52.0 Å². The average Bonchev–Trinajstić information content (AvgIpc) is 2.26. The molecule has 0 bridgehead atoms. The van der Waals surface area contributed by atoms with E-state index in [-0.39, 0.29) is 11.5 Å². The Bertz CT molecular complexity index is 631. The van der Waals surface area contributed by atoms with E-state index in [0.717, 1.165) is 22.3 Å². The lowest BCUT2D eigenvalue weighted by Crippen LogP contribution is -2.06. The Hall–Kier alpha value is -2.09. The molecule has 0 aromatic heterocycles. The zero-order chi connectivity index (χ0) is 14.2. The lowest BCUT2D eigenvalue weighted by molar-refractivity contribution is 0.103. The summed E-state index contributed by atoms with van der Waals surface area (Å²) in [6.07, 6.45) is 0. The number of hydrogen-bond acceptors (Lipinski definition) is 2. The predicted octanol–water partition coefficient (Wildman–Crippen LogP) is 3.86. The molecule has 0 amide bonds. The van der Waals surface area contributed by atoms with E-state index < -0.39 is 0 Å². The van der Waals surface area contributed by atoms with Crippen LogP contribution in [-0.2, 0) is 0 Å². The highest BCUT2D eigenvalue weighted by Crippen LogP contribution is 2.27. The zero-order valence-electron chi connectivity index (χ0n) is 11.7. The summed E-state index contributed by atoms with van der Waals surface area (Å²) in [5.41, 5.74) is 4.86. The summed E-state index contributed by atoms with van der Waals surface area (Å²) in [5.74, 6) is -0.0602. The number of aromatic hydroxyl groups is 1. The lowest BCUT2D eigenvalue weighted by atomic mass is 9.93. The van der Waals surface area contributed by atoms with Gasteiger partial charge in [0, 0.05) is 5.56 Å². The lowest BCUT2D eigenvalue weighted by Gasteiger charge is -2.11. The maximum atomic E-state index is 12.6. The molecule has 0 aliphatic rings. The molecule has 0 radical (unpaired) electrons. The highest BCUT2D eigenvalue weighted by atomic mass is 16.3. The third-order valence-electron chi connectivity index (χ3n) is 3.31. The standard InChI is InChI=1S/C17H18O2/c1-10-5-6-14(12(3)7-10)17(19)16-13(4)8-11(2)9-15(16)18/h5-9,18H,1-4H3. The Kier molecular flexibility index (Phi) is 3.43. The first-order valence-electron chi connectivity index (χ1n) is 6.32. The maximum absolute atomic E-state index is 12.6. The van der Waals surface area contributed by atoms with Crippen LogP contribution >= 0.6 is 0 Å². The summed E-state index contributed by atoms with van der Waals surface area (Å²) in [7, 11) is 0. The number of rotatable bonds is 2. The van der Waals surface area contributed by atoms with Gasteiger partial charge >= 0.3 is 0 Å². The minimum atomic E-state index is -0.118. The topological polar surface area (TPSA) is 37.3 Å². The molecule has 0 saturated carbocycles. The molecule has 1 N–H and O–H groups in total. The van der Waals surface area contributed by atoms with Crippen molar-refractivity contribution in [1.82, 2.24) is 0 Å². The van der Waals surface area contributed by atoms with Gasteiger partial charge in [0.2, 0.25) is 0 Å². The Morgan fingerprint density at radius 1 is 0.895 bits per heavy atom. The molecule has 0 spiro atoms. The summed E-state index contributed by atoms with van der Waals surface area (Å²) >= 11 is 0. The summed E-state index contributed by atoms with van der Waals surface area (Å²) in [6, 6.07) is 9.26. The molecular formula is C17H18O2. The molecule has 0 unspecified atom stereocenters. The molecule has 19 heavy (non-hydrogen) atoms. The van der Waals surface area contributed by atoms with Gasteiger partial charge in [-0.2, -0.15) is 0 Å². The number of carbonyl (C=O) groups excluding carboxylic acids is 1. The van der Waals surface area contributed by atoms with Gasteiger partial charge in [0.25, 0.3) is 0 Å². The summed E-state index contributed by atoms with van der Waals surface area (Å²) in [5, 5.41) is 10.0. The van der Waals surface area contributed by atoms with Gasteiger partial charge in [0.15, 0.2) is 5.78 Å². The van der Waals surface area contributed by atoms with Crippen LogP contribution in [0.1, 0.15) is 38.2 Å². The SMILES string of the molecule is Cc1ccc(C(=O)c2c(C)cc(C)cc2O)c(C)c1. The minimum Gasteiger partial charge on any atom is -0.507 e. The smallest absolute Gasteiger partial charge is 0.197 e. The molecule has 2 heteroatoms. The summed E-state index contributed by atoms with van der Waals surface area (Å²) in [6.45, 7) is 7.66. The van der Waals surface area contributed by atoms with Crippen LogP contribution in [0.4, 0.5) is 0 Å². The van der Waals surface area contributed by atoms with E-state index in [9.17, 15) is 9.90 Å². The van der Waals surface area contributed by atoms with E-state index in [0.29, 0.717) is 11.1 Å². The number of ketones is 1. The zero-order valence-corrected chi connectivity index (χ0v) is 11.7. The Morgan fingerprint density at radius 2 is 1.53 bits per heavy atom. The van der Waals surface area contributed by atoms with Crippen molar-refractivity contribution in [1.29, 1.82) is 0 Å². The molecule has 2 rings (SSSR count). The number of benzene rings is 2. The Labute approximate surface area is 113 Å². The molecule has 2 nitrogen and oxygen atoms in total. The number of aryl methyl sites for hydroxylation is 4. The molecule has 0 aliphatic heterocycles. The van der Waals surface area contributed by atoms with Gasteiger partial charge in [-0.05, 0) is 50.5 Å². The fraction of sp³-hybridized carbons (Fsp3) is 0.235. The van der Waals surface area contributed by atoms with Gasteiger partial charge in [0.05, 0.1) is 5.56 Å². The first-order chi connectivity index (χ1) is 8.90. The van der Waals surface area contributed by atoms with Crippen molar-refractivity contribution in [2.75, 3.05) is 0 Å². The van der Waals surface area contributed by atoms with Crippen LogP contribution in [-0.4, -0.2) is 10.9 Å². The maximum Gasteiger partial charge on any atom is 0.197 e. The predicted molar refractivity (Wildman–Crippen MR) is 76.9 cm³/mol. The second kappa shape index (κ2) is 4.88. The molecule has 98 valence electrons. The highest BCUT2D eigenvalue weighted by Gasteiger charge is 2.18. The summed E-state index contributed by atoms with van der Waals surface area (Å²) in [4.78, 5) is 12.6. The normalized spacial score (nSPS) is 10.5. The van der Waals surface area contributed by atoms with Gasteiger partial charge in [-0.3, -0.25) is 4.79 Å². The van der Waals surface area contributed by atoms with E-state index in [1.54, 1.807) is 6.07 Å². The highest BCUT2D eigenvalue weighted by molar-refractivity contribution is 6.12. The van der Waals surface area contributed by atoms with Crippen LogP contribution in [0.5, 0.6) is 5.75 Å².